The highest BCUT2D eigenvalue weighted by molar-refractivity contribution is 5.44. The van der Waals surface area contributed by atoms with Crippen LogP contribution in [0.3, 0.4) is 0 Å². The van der Waals surface area contributed by atoms with Crippen LogP contribution < -0.4 is 5.32 Å². The van der Waals surface area contributed by atoms with Crippen molar-refractivity contribution < 1.29 is 10.2 Å². The fourth-order valence-corrected chi connectivity index (χ4v) is 2.14. The molecule has 1 atom stereocenters. The summed E-state index contributed by atoms with van der Waals surface area (Å²) >= 11 is 0. The largest absolute Gasteiger partial charge is 0.504 e. The van der Waals surface area contributed by atoms with Gasteiger partial charge in [0, 0.05) is 18.2 Å². The van der Waals surface area contributed by atoms with Crippen LogP contribution in [-0.4, -0.2) is 10.2 Å². The van der Waals surface area contributed by atoms with Crippen molar-refractivity contribution in [2.24, 2.45) is 0 Å². The van der Waals surface area contributed by atoms with Gasteiger partial charge in [-0.05, 0) is 30.5 Å². The van der Waals surface area contributed by atoms with E-state index < -0.39 is 0 Å². The average Bonchev–Trinajstić information content (AvgIpc) is 2.48. The zero-order valence-corrected chi connectivity index (χ0v) is 11.9. The molecule has 2 aromatic carbocycles. The van der Waals surface area contributed by atoms with Gasteiger partial charge in [-0.3, -0.25) is 0 Å². The third kappa shape index (κ3) is 3.31. The first-order valence-electron chi connectivity index (χ1n) is 6.94. The lowest BCUT2D eigenvalue weighted by Crippen LogP contribution is -2.18. The number of nitrogens with one attached hydrogen (secondary N) is 1. The van der Waals surface area contributed by atoms with Gasteiger partial charge in [-0.2, -0.15) is 0 Å². The predicted octanol–water partition coefficient (Wildman–Crippen LogP) is 3.51. The van der Waals surface area contributed by atoms with Gasteiger partial charge in [-0.15, -0.1) is 0 Å². The minimum absolute atomic E-state index is 0.0477. The second-order valence-electron chi connectivity index (χ2n) is 4.98. The minimum atomic E-state index is -0.0794. The number of benzene rings is 2. The number of phenolic OH excluding ortho intramolecular Hbond substituents is 2. The predicted molar refractivity (Wildman–Crippen MR) is 80.8 cm³/mol. The lowest BCUT2D eigenvalue weighted by molar-refractivity contribution is 0.396. The maximum absolute atomic E-state index is 9.76. The molecule has 20 heavy (non-hydrogen) atoms. The van der Waals surface area contributed by atoms with E-state index in [1.54, 1.807) is 12.1 Å². The van der Waals surface area contributed by atoms with Crippen LogP contribution in [0.1, 0.15) is 36.6 Å². The van der Waals surface area contributed by atoms with Gasteiger partial charge < -0.3 is 15.5 Å². The van der Waals surface area contributed by atoms with E-state index in [9.17, 15) is 10.2 Å². The normalized spacial score (nSPS) is 12.3. The lowest BCUT2D eigenvalue weighted by atomic mass is 10.0. The second kappa shape index (κ2) is 6.44. The molecule has 0 fully saturated rings. The monoisotopic (exact) mass is 271 g/mol. The molecular formula is C17H21NO2. The summed E-state index contributed by atoms with van der Waals surface area (Å²) in [5.41, 5.74) is 3.23. The van der Waals surface area contributed by atoms with Crippen LogP contribution in [0.2, 0.25) is 0 Å². The van der Waals surface area contributed by atoms with Crippen molar-refractivity contribution in [1.82, 2.24) is 5.32 Å². The molecule has 0 bridgehead atoms. The summed E-state index contributed by atoms with van der Waals surface area (Å²) in [6.07, 6.45) is 1.04. The molecule has 0 heterocycles. The Morgan fingerprint density at radius 3 is 2.40 bits per heavy atom. The van der Waals surface area contributed by atoms with Crippen molar-refractivity contribution in [3.8, 4) is 11.5 Å². The Balaban J connectivity index is 2.00. The van der Waals surface area contributed by atoms with E-state index in [0.717, 1.165) is 6.42 Å². The fraction of sp³-hybridized carbons (Fsp3) is 0.294. The van der Waals surface area contributed by atoms with Crippen LogP contribution in [0.25, 0.3) is 0 Å². The molecule has 0 aliphatic rings. The van der Waals surface area contributed by atoms with E-state index in [0.29, 0.717) is 12.1 Å². The van der Waals surface area contributed by atoms with Crippen LogP contribution in [-0.2, 0) is 13.0 Å². The SMILES string of the molecule is CCc1ccc(C(C)NCc2cccc(O)c2O)cc1. The van der Waals surface area contributed by atoms with Gasteiger partial charge in [0.05, 0.1) is 0 Å². The van der Waals surface area contributed by atoms with Crippen LogP contribution in [0.15, 0.2) is 42.5 Å². The van der Waals surface area contributed by atoms with Gasteiger partial charge in [0.25, 0.3) is 0 Å². The van der Waals surface area contributed by atoms with Crippen molar-refractivity contribution in [3.05, 3.63) is 59.2 Å². The van der Waals surface area contributed by atoms with Gasteiger partial charge in [-0.1, -0.05) is 43.3 Å². The van der Waals surface area contributed by atoms with Crippen molar-refractivity contribution >= 4 is 0 Å². The summed E-state index contributed by atoms with van der Waals surface area (Å²) in [6, 6.07) is 13.7. The molecule has 3 N–H and O–H groups in total. The number of aryl methyl sites for hydroxylation is 1. The molecule has 0 spiro atoms. The summed E-state index contributed by atoms with van der Waals surface area (Å²) in [4.78, 5) is 0. The average molecular weight is 271 g/mol. The number of para-hydroxylation sites is 1. The van der Waals surface area contributed by atoms with Crippen molar-refractivity contribution in [1.29, 1.82) is 0 Å². The summed E-state index contributed by atoms with van der Waals surface area (Å²) in [6.45, 7) is 4.74. The van der Waals surface area contributed by atoms with E-state index in [4.69, 9.17) is 0 Å². The Morgan fingerprint density at radius 2 is 1.75 bits per heavy atom. The molecule has 3 heteroatoms. The molecule has 0 saturated carbocycles. The minimum Gasteiger partial charge on any atom is -0.504 e. The highest BCUT2D eigenvalue weighted by atomic mass is 16.3. The zero-order valence-electron chi connectivity index (χ0n) is 11.9. The Kier molecular flexibility index (Phi) is 4.64. The molecule has 0 aliphatic heterocycles. The quantitative estimate of drug-likeness (QED) is 0.729. The number of phenols is 2. The molecule has 0 aliphatic carbocycles. The summed E-state index contributed by atoms with van der Waals surface area (Å²) in [5, 5.41) is 22.6. The summed E-state index contributed by atoms with van der Waals surface area (Å²) in [5.74, 6) is -0.127. The van der Waals surface area contributed by atoms with E-state index in [1.165, 1.54) is 17.2 Å². The molecule has 0 aromatic heterocycles. The van der Waals surface area contributed by atoms with Crippen molar-refractivity contribution in [3.63, 3.8) is 0 Å². The van der Waals surface area contributed by atoms with Gasteiger partial charge in [-0.25, -0.2) is 0 Å². The molecule has 1 unspecified atom stereocenters. The Morgan fingerprint density at radius 1 is 1.05 bits per heavy atom. The fourth-order valence-electron chi connectivity index (χ4n) is 2.14. The van der Waals surface area contributed by atoms with Gasteiger partial charge in [0.2, 0.25) is 0 Å². The van der Waals surface area contributed by atoms with Crippen LogP contribution in [0.5, 0.6) is 11.5 Å². The summed E-state index contributed by atoms with van der Waals surface area (Å²) in [7, 11) is 0. The molecule has 2 rings (SSSR count). The van der Waals surface area contributed by atoms with E-state index >= 15 is 0 Å². The van der Waals surface area contributed by atoms with E-state index in [1.807, 2.05) is 0 Å². The molecule has 2 aromatic rings. The Hall–Kier alpha value is -2.00. The van der Waals surface area contributed by atoms with E-state index in [-0.39, 0.29) is 17.5 Å². The van der Waals surface area contributed by atoms with Gasteiger partial charge in [0.15, 0.2) is 11.5 Å². The Labute approximate surface area is 119 Å². The highest BCUT2D eigenvalue weighted by Crippen LogP contribution is 2.28. The number of hydrogen-bond donors (Lipinski definition) is 3. The third-order valence-electron chi connectivity index (χ3n) is 3.58. The maximum Gasteiger partial charge on any atom is 0.161 e. The van der Waals surface area contributed by atoms with Crippen LogP contribution in [0.4, 0.5) is 0 Å². The maximum atomic E-state index is 9.76. The first kappa shape index (κ1) is 14.4. The molecule has 0 amide bonds. The first-order chi connectivity index (χ1) is 9.61. The zero-order chi connectivity index (χ0) is 14.5. The van der Waals surface area contributed by atoms with Gasteiger partial charge in [0.1, 0.15) is 0 Å². The van der Waals surface area contributed by atoms with Crippen LogP contribution in [0, 0.1) is 0 Å². The number of hydrogen-bond acceptors (Lipinski definition) is 3. The topological polar surface area (TPSA) is 52.5 Å². The third-order valence-corrected chi connectivity index (χ3v) is 3.58. The van der Waals surface area contributed by atoms with Crippen molar-refractivity contribution in [2.75, 3.05) is 0 Å². The van der Waals surface area contributed by atoms with E-state index in [2.05, 4.69) is 43.4 Å². The molecule has 0 radical (unpaired) electrons. The second-order valence-corrected chi connectivity index (χ2v) is 4.98. The first-order valence-corrected chi connectivity index (χ1v) is 6.94. The molecule has 3 nitrogen and oxygen atoms in total. The van der Waals surface area contributed by atoms with Crippen molar-refractivity contribution in [2.45, 2.75) is 32.9 Å². The Bertz CT molecular complexity index is 564. The molecular weight excluding hydrogens is 250 g/mol. The highest BCUT2D eigenvalue weighted by Gasteiger charge is 2.08. The van der Waals surface area contributed by atoms with Crippen LogP contribution >= 0.6 is 0 Å². The molecule has 0 saturated heterocycles. The summed E-state index contributed by atoms with van der Waals surface area (Å²) < 4.78 is 0. The standard InChI is InChI=1S/C17H21NO2/c1-3-13-7-9-14(10-8-13)12(2)18-11-15-5-4-6-16(19)17(15)20/h4-10,12,18-20H,3,11H2,1-2H3. The van der Waals surface area contributed by atoms with Gasteiger partial charge >= 0.3 is 0 Å². The smallest absolute Gasteiger partial charge is 0.161 e. The lowest BCUT2D eigenvalue weighted by Gasteiger charge is -2.15. The number of rotatable bonds is 5. The number of aromatic hydroxyl groups is 2. The molecule has 106 valence electrons.